The average Bonchev–Trinajstić information content (AvgIpc) is 2.35. The highest BCUT2D eigenvalue weighted by Gasteiger charge is 2.19. The van der Waals surface area contributed by atoms with Gasteiger partial charge in [-0.15, -0.1) is 0 Å². The normalized spacial score (nSPS) is 11.8. The molecule has 0 aliphatic heterocycles. The number of nitrogens with zero attached hydrogens (tertiary/aromatic N) is 1. The van der Waals surface area contributed by atoms with Crippen LogP contribution < -0.4 is 9.46 Å². The summed E-state index contributed by atoms with van der Waals surface area (Å²) in [5.41, 5.74) is 0.711. The minimum atomic E-state index is -3.46. The molecule has 1 aromatic carbocycles. The maximum atomic E-state index is 12.0. The fraction of sp³-hybridized carbons (Fsp3) is 0.500. The molecule has 0 amide bonds. The second-order valence-electron chi connectivity index (χ2n) is 4.20. The van der Waals surface area contributed by atoms with E-state index in [1.165, 1.54) is 7.05 Å². The molecule has 1 aromatic rings. The fourth-order valence-electron chi connectivity index (χ4n) is 1.68. The minimum absolute atomic E-state index is 0.284. The van der Waals surface area contributed by atoms with Gasteiger partial charge in [-0.2, -0.15) is 0 Å². The molecule has 5 nitrogen and oxygen atoms in total. The van der Waals surface area contributed by atoms with Crippen LogP contribution in [0, 0.1) is 0 Å². The van der Waals surface area contributed by atoms with Crippen molar-refractivity contribution in [3.05, 3.63) is 23.8 Å². The molecular formula is C12H20N2O3S. The number of likely N-dealkylation sites (N-methyl/N-ethyl adjacent to an activating group) is 1. The Hall–Kier alpha value is -1.11. The molecular weight excluding hydrogens is 252 g/mol. The third-order valence-corrected chi connectivity index (χ3v) is 4.18. The number of methoxy groups -OCH3 is 1. The molecule has 0 fully saturated rings. The second-order valence-corrected chi connectivity index (χ2v) is 6.05. The number of sulfonamides is 1. The smallest absolute Gasteiger partial charge is 0.240 e. The molecule has 0 radical (unpaired) electrons. The van der Waals surface area contributed by atoms with Crippen molar-refractivity contribution in [1.82, 2.24) is 9.62 Å². The van der Waals surface area contributed by atoms with Gasteiger partial charge in [0.1, 0.15) is 5.75 Å². The third-order valence-electron chi connectivity index (χ3n) is 2.68. The molecule has 0 aromatic heterocycles. The van der Waals surface area contributed by atoms with Gasteiger partial charge in [0.05, 0.1) is 12.0 Å². The molecule has 1 rings (SSSR count). The van der Waals surface area contributed by atoms with Crippen LogP contribution in [0.2, 0.25) is 0 Å². The standard InChI is InChI=1S/C12H20N2O3S/c1-13-18(15,16)12-7-5-6-11(17-4)10(12)8-9-14(2)3/h5-7,13H,8-9H2,1-4H3. The van der Waals surface area contributed by atoms with E-state index in [2.05, 4.69) is 4.72 Å². The zero-order chi connectivity index (χ0) is 13.8. The van der Waals surface area contributed by atoms with Gasteiger partial charge in [0.15, 0.2) is 0 Å². The first kappa shape index (κ1) is 14.9. The van der Waals surface area contributed by atoms with Crippen LogP contribution in [0.25, 0.3) is 0 Å². The highest BCUT2D eigenvalue weighted by Crippen LogP contribution is 2.26. The molecule has 6 heteroatoms. The van der Waals surface area contributed by atoms with Crippen LogP contribution in [0.1, 0.15) is 5.56 Å². The number of benzene rings is 1. The summed E-state index contributed by atoms with van der Waals surface area (Å²) >= 11 is 0. The number of ether oxygens (including phenoxy) is 1. The molecule has 0 saturated carbocycles. The molecule has 18 heavy (non-hydrogen) atoms. The number of rotatable bonds is 6. The van der Waals surface area contributed by atoms with Crippen molar-refractivity contribution in [2.45, 2.75) is 11.3 Å². The van der Waals surface area contributed by atoms with Crippen LogP contribution in [-0.4, -0.2) is 48.1 Å². The lowest BCUT2D eigenvalue weighted by molar-refractivity contribution is 0.389. The van der Waals surface area contributed by atoms with Crippen LogP contribution >= 0.6 is 0 Å². The summed E-state index contributed by atoms with van der Waals surface area (Å²) in [6, 6.07) is 5.06. The van der Waals surface area contributed by atoms with E-state index < -0.39 is 10.0 Å². The van der Waals surface area contributed by atoms with Crippen LogP contribution in [0.5, 0.6) is 5.75 Å². The monoisotopic (exact) mass is 272 g/mol. The van der Waals surface area contributed by atoms with E-state index >= 15 is 0 Å². The van der Waals surface area contributed by atoms with E-state index in [1.807, 2.05) is 19.0 Å². The van der Waals surface area contributed by atoms with Gasteiger partial charge < -0.3 is 9.64 Å². The van der Waals surface area contributed by atoms with Crippen molar-refractivity contribution >= 4 is 10.0 Å². The summed E-state index contributed by atoms with van der Waals surface area (Å²) in [6.45, 7) is 0.757. The highest BCUT2D eigenvalue weighted by molar-refractivity contribution is 7.89. The topological polar surface area (TPSA) is 58.6 Å². The van der Waals surface area contributed by atoms with E-state index in [0.29, 0.717) is 17.7 Å². The quantitative estimate of drug-likeness (QED) is 0.828. The Balaban J connectivity index is 3.25. The first-order chi connectivity index (χ1) is 8.42. The zero-order valence-electron chi connectivity index (χ0n) is 11.2. The van der Waals surface area contributed by atoms with Gasteiger partial charge in [-0.25, -0.2) is 13.1 Å². The Morgan fingerprint density at radius 3 is 2.50 bits per heavy atom. The molecule has 0 aliphatic rings. The van der Waals surface area contributed by atoms with E-state index in [-0.39, 0.29) is 4.90 Å². The second kappa shape index (κ2) is 6.17. The Bertz CT molecular complexity index is 498. The molecule has 0 saturated heterocycles. The molecule has 102 valence electrons. The van der Waals surface area contributed by atoms with Gasteiger partial charge >= 0.3 is 0 Å². The van der Waals surface area contributed by atoms with E-state index in [1.54, 1.807) is 25.3 Å². The Kier molecular flexibility index (Phi) is 5.13. The molecule has 1 N–H and O–H groups in total. The van der Waals surface area contributed by atoms with Gasteiger partial charge in [-0.3, -0.25) is 0 Å². The summed E-state index contributed by atoms with van der Waals surface area (Å²) in [5.74, 6) is 0.605. The first-order valence-electron chi connectivity index (χ1n) is 5.66. The van der Waals surface area contributed by atoms with Gasteiger partial charge in [0, 0.05) is 12.1 Å². The van der Waals surface area contributed by atoms with Crippen molar-refractivity contribution < 1.29 is 13.2 Å². The van der Waals surface area contributed by atoms with Crippen molar-refractivity contribution in [1.29, 1.82) is 0 Å². The summed E-state index contributed by atoms with van der Waals surface area (Å²) < 4.78 is 31.5. The van der Waals surface area contributed by atoms with Crippen molar-refractivity contribution in [3.63, 3.8) is 0 Å². The summed E-state index contributed by atoms with van der Waals surface area (Å²) in [6.07, 6.45) is 0.618. The predicted molar refractivity (Wildman–Crippen MR) is 71.5 cm³/mol. The molecule has 0 aliphatic carbocycles. The van der Waals surface area contributed by atoms with Gasteiger partial charge in [0.25, 0.3) is 0 Å². The van der Waals surface area contributed by atoms with Crippen molar-refractivity contribution in [3.8, 4) is 5.75 Å². The maximum Gasteiger partial charge on any atom is 0.240 e. The lowest BCUT2D eigenvalue weighted by atomic mass is 10.1. The van der Waals surface area contributed by atoms with Gasteiger partial charge in [-0.1, -0.05) is 6.07 Å². The van der Waals surface area contributed by atoms with E-state index in [4.69, 9.17) is 4.74 Å². The lowest BCUT2D eigenvalue weighted by Gasteiger charge is -2.16. The molecule has 0 atom stereocenters. The Morgan fingerprint density at radius 1 is 1.33 bits per heavy atom. The van der Waals surface area contributed by atoms with Crippen molar-refractivity contribution in [2.75, 3.05) is 34.8 Å². The highest BCUT2D eigenvalue weighted by atomic mass is 32.2. The molecule has 0 bridgehead atoms. The molecule has 0 heterocycles. The van der Waals surface area contributed by atoms with E-state index in [9.17, 15) is 8.42 Å². The number of nitrogens with one attached hydrogen (secondary N) is 1. The van der Waals surface area contributed by atoms with Crippen molar-refractivity contribution in [2.24, 2.45) is 0 Å². The minimum Gasteiger partial charge on any atom is -0.496 e. The maximum absolute atomic E-state index is 12.0. The van der Waals surface area contributed by atoms with Crippen LogP contribution in [-0.2, 0) is 16.4 Å². The number of hydrogen-bond acceptors (Lipinski definition) is 4. The average molecular weight is 272 g/mol. The van der Waals surface area contributed by atoms with Gasteiger partial charge in [0.2, 0.25) is 10.0 Å². The van der Waals surface area contributed by atoms with Crippen LogP contribution in [0.4, 0.5) is 0 Å². The molecule has 0 spiro atoms. The summed E-state index contributed by atoms with van der Waals surface area (Å²) in [5, 5.41) is 0. The summed E-state index contributed by atoms with van der Waals surface area (Å²) in [7, 11) is 3.39. The fourth-order valence-corrected chi connectivity index (χ4v) is 2.68. The van der Waals surface area contributed by atoms with Crippen LogP contribution in [0.15, 0.2) is 23.1 Å². The SMILES string of the molecule is CNS(=O)(=O)c1cccc(OC)c1CCN(C)C. The lowest BCUT2D eigenvalue weighted by Crippen LogP contribution is -2.22. The zero-order valence-corrected chi connectivity index (χ0v) is 12.0. The Morgan fingerprint density at radius 2 is 2.00 bits per heavy atom. The number of hydrogen-bond donors (Lipinski definition) is 1. The summed E-state index contributed by atoms with van der Waals surface area (Å²) in [4.78, 5) is 2.29. The Labute approximate surface area is 109 Å². The van der Waals surface area contributed by atoms with Crippen LogP contribution in [0.3, 0.4) is 0 Å². The van der Waals surface area contributed by atoms with E-state index in [0.717, 1.165) is 6.54 Å². The first-order valence-corrected chi connectivity index (χ1v) is 7.15. The largest absolute Gasteiger partial charge is 0.496 e. The third kappa shape index (κ3) is 3.44. The molecule has 0 unspecified atom stereocenters. The predicted octanol–water partition coefficient (Wildman–Crippen LogP) is 0.707. The van der Waals surface area contributed by atoms with Gasteiger partial charge in [-0.05, 0) is 39.7 Å².